The van der Waals surface area contributed by atoms with E-state index in [0.29, 0.717) is 17.5 Å². The van der Waals surface area contributed by atoms with Crippen molar-refractivity contribution in [2.45, 2.75) is 13.5 Å². The summed E-state index contributed by atoms with van der Waals surface area (Å²) >= 11 is 5.91. The highest BCUT2D eigenvalue weighted by atomic mass is 35.5. The number of nitrogens with zero attached hydrogens (tertiary/aromatic N) is 1. The molecule has 0 spiro atoms. The molecule has 1 heterocycles. The smallest absolute Gasteiger partial charge is 0.137 e. The van der Waals surface area contributed by atoms with Gasteiger partial charge in [-0.25, -0.2) is 9.37 Å². The van der Waals surface area contributed by atoms with Crippen molar-refractivity contribution in [2.75, 3.05) is 0 Å². The van der Waals surface area contributed by atoms with Crippen molar-refractivity contribution in [1.29, 1.82) is 0 Å². The van der Waals surface area contributed by atoms with Crippen LogP contribution >= 0.6 is 11.6 Å². The third-order valence-electron chi connectivity index (χ3n) is 4.49. The monoisotopic (exact) mass is 392 g/mol. The van der Waals surface area contributed by atoms with Gasteiger partial charge in [-0.15, -0.1) is 0 Å². The zero-order chi connectivity index (χ0) is 19.5. The van der Waals surface area contributed by atoms with Crippen molar-refractivity contribution in [3.05, 3.63) is 94.9 Å². The normalized spacial score (nSPS) is 10.8. The maximum Gasteiger partial charge on any atom is 0.137 e. The Morgan fingerprint density at radius 3 is 2.39 bits per heavy atom. The van der Waals surface area contributed by atoms with E-state index in [1.807, 2.05) is 43.3 Å². The fraction of sp³-hybridized carbons (Fsp3) is 0.0870. The zero-order valence-corrected chi connectivity index (χ0v) is 16.0. The number of imidazole rings is 1. The summed E-state index contributed by atoms with van der Waals surface area (Å²) in [4.78, 5) is 7.70. The van der Waals surface area contributed by atoms with Gasteiger partial charge in [0.15, 0.2) is 0 Å². The van der Waals surface area contributed by atoms with E-state index in [9.17, 15) is 4.39 Å². The van der Waals surface area contributed by atoms with Gasteiger partial charge in [0.2, 0.25) is 0 Å². The second kappa shape index (κ2) is 7.87. The van der Waals surface area contributed by atoms with Gasteiger partial charge in [0.1, 0.15) is 24.0 Å². The number of benzene rings is 3. The minimum Gasteiger partial charge on any atom is -0.489 e. The molecule has 0 saturated carbocycles. The zero-order valence-electron chi connectivity index (χ0n) is 15.2. The molecular weight excluding hydrogens is 375 g/mol. The summed E-state index contributed by atoms with van der Waals surface area (Å²) in [6.07, 6.45) is 1.78. The maximum absolute atomic E-state index is 13.1. The predicted octanol–water partition coefficient (Wildman–Crippen LogP) is 6.42. The highest BCUT2D eigenvalue weighted by Gasteiger charge is 2.08. The average molecular weight is 393 g/mol. The Hall–Kier alpha value is -3.11. The van der Waals surface area contributed by atoms with Crippen molar-refractivity contribution in [3.63, 3.8) is 0 Å². The average Bonchev–Trinajstić information content (AvgIpc) is 3.19. The van der Waals surface area contributed by atoms with Crippen LogP contribution in [0.3, 0.4) is 0 Å². The Morgan fingerprint density at radius 1 is 0.964 bits per heavy atom. The van der Waals surface area contributed by atoms with Gasteiger partial charge in [-0.1, -0.05) is 23.7 Å². The molecule has 4 aromatic rings. The number of H-pyrrole nitrogens is 1. The van der Waals surface area contributed by atoms with Crippen LogP contribution in [-0.4, -0.2) is 9.97 Å². The number of ether oxygens (including phenoxy) is 1. The molecule has 0 aliphatic heterocycles. The van der Waals surface area contributed by atoms with E-state index in [0.717, 1.165) is 33.7 Å². The lowest BCUT2D eigenvalue weighted by molar-refractivity contribution is 0.304. The summed E-state index contributed by atoms with van der Waals surface area (Å²) in [5.74, 6) is 1.27. The van der Waals surface area contributed by atoms with Gasteiger partial charge in [0.25, 0.3) is 0 Å². The van der Waals surface area contributed by atoms with Gasteiger partial charge >= 0.3 is 0 Å². The summed E-state index contributed by atoms with van der Waals surface area (Å²) in [6.45, 7) is 2.49. The molecule has 0 fully saturated rings. The van der Waals surface area contributed by atoms with Crippen LogP contribution < -0.4 is 4.74 Å². The van der Waals surface area contributed by atoms with Gasteiger partial charge in [-0.3, -0.25) is 0 Å². The molecule has 0 radical (unpaired) electrons. The van der Waals surface area contributed by atoms with E-state index in [-0.39, 0.29) is 5.82 Å². The summed E-state index contributed by atoms with van der Waals surface area (Å²) in [5.41, 5.74) is 4.84. The summed E-state index contributed by atoms with van der Waals surface area (Å²) < 4.78 is 19.0. The quantitative estimate of drug-likeness (QED) is 0.425. The van der Waals surface area contributed by atoms with Crippen molar-refractivity contribution in [3.8, 4) is 28.4 Å². The van der Waals surface area contributed by atoms with Crippen LogP contribution in [0, 0.1) is 12.7 Å². The van der Waals surface area contributed by atoms with Gasteiger partial charge in [0, 0.05) is 16.1 Å². The third-order valence-corrected chi connectivity index (χ3v) is 4.74. The number of nitrogens with one attached hydrogen (secondary N) is 1. The molecule has 3 aromatic carbocycles. The fourth-order valence-electron chi connectivity index (χ4n) is 2.94. The van der Waals surface area contributed by atoms with E-state index in [1.54, 1.807) is 18.3 Å². The molecule has 5 heteroatoms. The number of aryl methyl sites for hydroxylation is 1. The van der Waals surface area contributed by atoms with Crippen LogP contribution in [0.2, 0.25) is 5.02 Å². The van der Waals surface area contributed by atoms with E-state index < -0.39 is 0 Å². The van der Waals surface area contributed by atoms with Crippen LogP contribution in [0.4, 0.5) is 4.39 Å². The second-order valence-electron chi connectivity index (χ2n) is 6.55. The minimum atomic E-state index is -0.264. The Kier molecular flexibility index (Phi) is 5.13. The molecule has 4 rings (SSSR count). The van der Waals surface area contributed by atoms with E-state index in [4.69, 9.17) is 16.3 Å². The third kappa shape index (κ3) is 4.07. The number of hydrogen-bond acceptors (Lipinski definition) is 2. The van der Waals surface area contributed by atoms with E-state index in [1.165, 1.54) is 12.1 Å². The van der Waals surface area contributed by atoms with Crippen molar-refractivity contribution in [1.82, 2.24) is 9.97 Å². The first-order chi connectivity index (χ1) is 13.6. The summed E-state index contributed by atoms with van der Waals surface area (Å²) in [7, 11) is 0. The molecule has 28 heavy (non-hydrogen) atoms. The second-order valence-corrected chi connectivity index (χ2v) is 6.98. The van der Waals surface area contributed by atoms with E-state index >= 15 is 0 Å². The SMILES string of the molecule is Cc1cc(-c2cnc(-c3ccc(F)cc3)[nH]2)ccc1OCc1ccc(Cl)cc1. The Bertz CT molecular complexity index is 1090. The molecule has 0 amide bonds. The maximum atomic E-state index is 13.1. The van der Waals surface area contributed by atoms with Gasteiger partial charge < -0.3 is 9.72 Å². The Balaban J connectivity index is 1.50. The number of aromatic nitrogens is 2. The lowest BCUT2D eigenvalue weighted by Gasteiger charge is -2.10. The molecule has 1 N–H and O–H groups in total. The van der Waals surface area contributed by atoms with Crippen LogP contribution in [0.15, 0.2) is 72.9 Å². The molecule has 0 unspecified atom stereocenters. The molecular formula is C23H18ClFN2O. The van der Waals surface area contributed by atoms with Crippen LogP contribution in [0.25, 0.3) is 22.6 Å². The van der Waals surface area contributed by atoms with Crippen molar-refractivity contribution >= 4 is 11.6 Å². The van der Waals surface area contributed by atoms with Crippen molar-refractivity contribution in [2.24, 2.45) is 0 Å². The number of rotatable bonds is 5. The lowest BCUT2D eigenvalue weighted by Crippen LogP contribution is -1.97. The van der Waals surface area contributed by atoms with Crippen LogP contribution in [0.5, 0.6) is 5.75 Å². The lowest BCUT2D eigenvalue weighted by atomic mass is 10.1. The molecule has 0 aliphatic carbocycles. The highest BCUT2D eigenvalue weighted by molar-refractivity contribution is 6.30. The van der Waals surface area contributed by atoms with Gasteiger partial charge in [-0.05, 0) is 72.6 Å². The minimum absolute atomic E-state index is 0.264. The van der Waals surface area contributed by atoms with Gasteiger partial charge in [0.05, 0.1) is 11.9 Å². The predicted molar refractivity (Wildman–Crippen MR) is 110 cm³/mol. The van der Waals surface area contributed by atoms with Gasteiger partial charge in [-0.2, -0.15) is 0 Å². The molecule has 0 aliphatic rings. The Morgan fingerprint density at radius 2 is 1.68 bits per heavy atom. The molecule has 0 saturated heterocycles. The first-order valence-electron chi connectivity index (χ1n) is 8.88. The topological polar surface area (TPSA) is 37.9 Å². The highest BCUT2D eigenvalue weighted by Crippen LogP contribution is 2.27. The first-order valence-corrected chi connectivity index (χ1v) is 9.25. The summed E-state index contributed by atoms with van der Waals surface area (Å²) in [5, 5.41) is 0.712. The fourth-order valence-corrected chi connectivity index (χ4v) is 3.07. The molecule has 1 aromatic heterocycles. The molecule has 0 atom stereocenters. The number of aromatic amines is 1. The largest absolute Gasteiger partial charge is 0.489 e. The number of halogens is 2. The molecule has 0 bridgehead atoms. The Labute approximate surface area is 167 Å². The number of hydrogen-bond donors (Lipinski definition) is 1. The van der Waals surface area contributed by atoms with Crippen molar-refractivity contribution < 1.29 is 9.13 Å². The standard InChI is InChI=1S/C23H18ClFN2O/c1-15-12-18(6-11-22(15)28-14-16-2-7-19(24)8-3-16)21-13-26-23(27-21)17-4-9-20(25)10-5-17/h2-13H,14H2,1H3,(H,26,27). The van der Waals surface area contributed by atoms with Crippen LogP contribution in [0.1, 0.15) is 11.1 Å². The summed E-state index contributed by atoms with van der Waals surface area (Å²) in [6, 6.07) is 19.9. The van der Waals surface area contributed by atoms with E-state index in [2.05, 4.69) is 16.0 Å². The van der Waals surface area contributed by atoms with Crippen LogP contribution in [-0.2, 0) is 6.61 Å². The molecule has 140 valence electrons. The first kappa shape index (κ1) is 18.3. The molecule has 3 nitrogen and oxygen atoms in total.